The number of fused-ring (bicyclic) bond motifs is 1. The van der Waals surface area contributed by atoms with Gasteiger partial charge in [-0.25, -0.2) is 4.79 Å². The van der Waals surface area contributed by atoms with E-state index < -0.39 is 6.03 Å². The first-order valence-electron chi connectivity index (χ1n) is 9.47. The summed E-state index contributed by atoms with van der Waals surface area (Å²) in [6, 6.07) is -0.925. The molecule has 142 valence electrons. The summed E-state index contributed by atoms with van der Waals surface area (Å²) >= 11 is 0. The lowest BCUT2D eigenvalue weighted by Crippen LogP contribution is -2.57. The third-order valence-corrected chi connectivity index (χ3v) is 5.28. The summed E-state index contributed by atoms with van der Waals surface area (Å²) in [5.41, 5.74) is -0.240. The Kier molecular flexibility index (Phi) is 6.93. The number of nitroso groups, excluding NO2 is 1. The molecule has 1 saturated heterocycles. The summed E-state index contributed by atoms with van der Waals surface area (Å²) in [6.45, 7) is 8.11. The molecule has 7 nitrogen and oxygen atoms in total. The van der Waals surface area contributed by atoms with Gasteiger partial charge in [-0.2, -0.15) is 0 Å². The van der Waals surface area contributed by atoms with Crippen LogP contribution in [0.25, 0.3) is 0 Å². The second-order valence-corrected chi connectivity index (χ2v) is 8.47. The molecule has 0 unspecified atom stereocenters. The summed E-state index contributed by atoms with van der Waals surface area (Å²) in [4.78, 5) is 36.1. The van der Waals surface area contributed by atoms with Crippen LogP contribution in [0.1, 0.15) is 59.3 Å². The molecule has 1 saturated carbocycles. The maximum atomic E-state index is 12.8. The first kappa shape index (κ1) is 19.8. The van der Waals surface area contributed by atoms with Crippen LogP contribution in [0.2, 0.25) is 0 Å². The Morgan fingerprint density at radius 1 is 1.16 bits per heavy atom. The van der Waals surface area contributed by atoms with Gasteiger partial charge in [0.15, 0.2) is 0 Å². The first-order valence-corrected chi connectivity index (χ1v) is 9.47. The van der Waals surface area contributed by atoms with E-state index in [0.29, 0.717) is 24.8 Å². The molecule has 0 radical (unpaired) electrons. The zero-order chi connectivity index (χ0) is 18.4. The smallest absolute Gasteiger partial charge is 0.350 e. The van der Waals surface area contributed by atoms with Crippen molar-refractivity contribution in [2.24, 2.45) is 17.0 Å². The molecular weight excluding hydrogens is 320 g/mol. The Labute approximate surface area is 150 Å². The molecule has 0 spiro atoms. The van der Waals surface area contributed by atoms with E-state index in [9.17, 15) is 14.5 Å². The first-order chi connectivity index (χ1) is 11.8. The molecule has 0 bridgehead atoms. The lowest BCUT2D eigenvalue weighted by Gasteiger charge is -2.46. The van der Waals surface area contributed by atoms with Gasteiger partial charge in [0, 0.05) is 30.4 Å². The van der Waals surface area contributed by atoms with Gasteiger partial charge >= 0.3 is 6.03 Å². The number of carbonyl (C=O) groups excluding carboxylic acids is 2. The maximum absolute atomic E-state index is 12.8. The van der Waals surface area contributed by atoms with Crippen LogP contribution in [0.15, 0.2) is 5.18 Å². The topological polar surface area (TPSA) is 90.9 Å². The van der Waals surface area contributed by atoms with E-state index in [4.69, 9.17) is 0 Å². The standard InChI is InChI=1S/C18H32N4O3/c1-18(2,3)20-16(23)15-11-13-7-4-5-8-14(13)12-22(15)10-6-9-19-17(24)21-25/h13-15H,4-12H2,1-3H3,(H,19,24)(H,20,23)/t13-,14+,15-/m0/s1. The zero-order valence-electron chi connectivity index (χ0n) is 15.7. The minimum Gasteiger partial charge on any atom is -0.350 e. The summed E-state index contributed by atoms with van der Waals surface area (Å²) in [5, 5.41) is 7.92. The lowest BCUT2D eigenvalue weighted by atomic mass is 9.72. The number of carbonyl (C=O) groups is 2. The fourth-order valence-corrected chi connectivity index (χ4v) is 4.18. The van der Waals surface area contributed by atoms with Crippen molar-refractivity contribution in [3.8, 4) is 0 Å². The number of rotatable bonds is 5. The molecule has 2 aliphatic rings. The van der Waals surface area contributed by atoms with Crippen LogP contribution in [0, 0.1) is 16.7 Å². The Balaban J connectivity index is 1.96. The minimum atomic E-state index is -0.826. The van der Waals surface area contributed by atoms with Crippen LogP contribution in [0.4, 0.5) is 4.79 Å². The van der Waals surface area contributed by atoms with Gasteiger partial charge in [0.2, 0.25) is 5.91 Å². The van der Waals surface area contributed by atoms with E-state index in [0.717, 1.165) is 19.5 Å². The Morgan fingerprint density at radius 2 is 1.84 bits per heavy atom. The SMILES string of the molecule is CC(C)(C)NC(=O)[C@@H]1C[C@@H]2CCCC[C@@H]2CN1CCCNC(=O)N=O. The quantitative estimate of drug-likeness (QED) is 0.588. The molecule has 1 heterocycles. The van der Waals surface area contributed by atoms with Crippen LogP contribution < -0.4 is 10.6 Å². The van der Waals surface area contributed by atoms with Gasteiger partial charge in [-0.3, -0.25) is 9.69 Å². The molecular formula is C18H32N4O3. The van der Waals surface area contributed by atoms with Crippen molar-refractivity contribution in [3.05, 3.63) is 4.91 Å². The molecule has 0 aromatic heterocycles. The number of likely N-dealkylation sites (tertiary alicyclic amines) is 1. The molecule has 2 N–H and O–H groups in total. The highest BCUT2D eigenvalue weighted by Crippen LogP contribution is 2.38. The second kappa shape index (κ2) is 8.74. The van der Waals surface area contributed by atoms with Gasteiger partial charge in [-0.05, 0) is 51.9 Å². The summed E-state index contributed by atoms with van der Waals surface area (Å²) in [6.07, 6.45) is 6.68. The fraction of sp³-hybridized carbons (Fsp3) is 0.889. The van der Waals surface area contributed by atoms with Gasteiger partial charge in [0.1, 0.15) is 0 Å². The van der Waals surface area contributed by atoms with Crippen molar-refractivity contribution in [2.45, 2.75) is 70.9 Å². The normalized spacial score (nSPS) is 27.2. The minimum absolute atomic E-state index is 0.0986. The number of hydrogen-bond acceptors (Lipinski definition) is 4. The van der Waals surface area contributed by atoms with E-state index in [1.165, 1.54) is 25.7 Å². The van der Waals surface area contributed by atoms with Crippen LogP contribution in [-0.4, -0.2) is 48.1 Å². The Bertz CT molecular complexity index is 489. The maximum Gasteiger partial charge on any atom is 0.378 e. The predicted octanol–water partition coefficient (Wildman–Crippen LogP) is 2.65. The van der Waals surface area contributed by atoms with E-state index in [2.05, 4.69) is 20.7 Å². The van der Waals surface area contributed by atoms with Crippen molar-refractivity contribution in [2.75, 3.05) is 19.6 Å². The third kappa shape index (κ3) is 6.06. The molecule has 0 aromatic rings. The average Bonchev–Trinajstić information content (AvgIpc) is 2.56. The van der Waals surface area contributed by atoms with Crippen molar-refractivity contribution < 1.29 is 9.59 Å². The Morgan fingerprint density at radius 3 is 2.48 bits per heavy atom. The number of piperidine rings is 1. The second-order valence-electron chi connectivity index (χ2n) is 8.47. The molecule has 1 aliphatic carbocycles. The van der Waals surface area contributed by atoms with Crippen LogP contribution in [-0.2, 0) is 4.79 Å². The fourth-order valence-electron chi connectivity index (χ4n) is 4.18. The van der Waals surface area contributed by atoms with Crippen LogP contribution in [0.5, 0.6) is 0 Å². The molecule has 25 heavy (non-hydrogen) atoms. The number of hydrogen-bond donors (Lipinski definition) is 2. The number of nitrogens with one attached hydrogen (secondary N) is 2. The lowest BCUT2D eigenvalue weighted by molar-refractivity contribution is -0.131. The van der Waals surface area contributed by atoms with E-state index in [1.807, 2.05) is 20.8 Å². The zero-order valence-corrected chi connectivity index (χ0v) is 15.7. The van der Waals surface area contributed by atoms with Gasteiger partial charge in [0.25, 0.3) is 0 Å². The van der Waals surface area contributed by atoms with Gasteiger partial charge in [-0.15, -0.1) is 4.91 Å². The molecule has 3 amide bonds. The highest BCUT2D eigenvalue weighted by molar-refractivity contribution is 5.82. The highest BCUT2D eigenvalue weighted by atomic mass is 16.3. The van der Waals surface area contributed by atoms with Crippen molar-refractivity contribution in [1.82, 2.24) is 15.5 Å². The van der Waals surface area contributed by atoms with E-state index in [-0.39, 0.29) is 17.5 Å². The molecule has 0 aromatic carbocycles. The monoisotopic (exact) mass is 352 g/mol. The summed E-state index contributed by atoms with van der Waals surface area (Å²) < 4.78 is 0. The largest absolute Gasteiger partial charge is 0.378 e. The number of amides is 3. The number of urea groups is 1. The van der Waals surface area contributed by atoms with E-state index in [1.54, 1.807) is 0 Å². The van der Waals surface area contributed by atoms with Gasteiger partial charge < -0.3 is 10.6 Å². The highest BCUT2D eigenvalue weighted by Gasteiger charge is 2.40. The number of nitrogens with zero attached hydrogens (tertiary/aromatic N) is 2. The van der Waals surface area contributed by atoms with E-state index >= 15 is 0 Å². The van der Waals surface area contributed by atoms with Crippen molar-refractivity contribution in [1.29, 1.82) is 0 Å². The molecule has 3 atom stereocenters. The molecule has 2 rings (SSSR count). The van der Waals surface area contributed by atoms with Crippen molar-refractivity contribution >= 4 is 11.9 Å². The van der Waals surface area contributed by atoms with Gasteiger partial charge in [-0.1, -0.05) is 19.3 Å². The Hall–Kier alpha value is -1.50. The van der Waals surface area contributed by atoms with Crippen molar-refractivity contribution in [3.63, 3.8) is 0 Å². The third-order valence-electron chi connectivity index (χ3n) is 5.28. The molecule has 2 fully saturated rings. The average molecular weight is 352 g/mol. The van der Waals surface area contributed by atoms with Gasteiger partial charge in [0.05, 0.1) is 6.04 Å². The van der Waals surface area contributed by atoms with Crippen LogP contribution >= 0.6 is 0 Å². The predicted molar refractivity (Wildman–Crippen MR) is 97.1 cm³/mol. The molecule has 7 heteroatoms. The summed E-state index contributed by atoms with van der Waals surface area (Å²) in [7, 11) is 0. The molecule has 1 aliphatic heterocycles. The summed E-state index contributed by atoms with van der Waals surface area (Å²) in [5.74, 6) is 1.44. The van der Waals surface area contributed by atoms with Crippen LogP contribution in [0.3, 0.4) is 0 Å².